The molecular formula is C31H37ClN2O2. The normalized spacial score (nSPS) is 25.4. The number of rotatable bonds is 5. The predicted octanol–water partition coefficient (Wildman–Crippen LogP) is 7.87. The lowest BCUT2D eigenvalue weighted by molar-refractivity contribution is 0.0254. The Kier molecular flexibility index (Phi) is 6.53. The van der Waals surface area contributed by atoms with E-state index in [1.165, 1.54) is 29.5 Å². The average Bonchev–Trinajstić information content (AvgIpc) is 3.23. The standard InChI is InChI=1S/C31H37ClN2O2/c1-19(2)21-11-13-24-22(17-21)12-14-26-30(4,15-8-16-31(24,26)5)18-33-29(35)27-20(3)36-34-28(27)23-9-6-7-10-25(23)32/h6-7,9-11,13,17,19,26H,8,12,14-16,18H2,1-5H3,(H,33,35). The Morgan fingerprint density at radius 2 is 1.97 bits per heavy atom. The smallest absolute Gasteiger partial charge is 0.257 e. The third-order valence-electron chi connectivity index (χ3n) is 9.04. The first-order chi connectivity index (χ1) is 17.1. The maximum atomic E-state index is 13.5. The van der Waals surface area contributed by atoms with Crippen molar-refractivity contribution in [3.05, 3.63) is 75.5 Å². The number of hydrogen-bond donors (Lipinski definition) is 1. The first-order valence-electron chi connectivity index (χ1n) is 13.3. The Morgan fingerprint density at radius 1 is 1.19 bits per heavy atom. The van der Waals surface area contributed by atoms with E-state index in [0.717, 1.165) is 19.3 Å². The maximum absolute atomic E-state index is 13.5. The van der Waals surface area contributed by atoms with Crippen LogP contribution in [0.15, 0.2) is 47.0 Å². The Labute approximate surface area is 219 Å². The van der Waals surface area contributed by atoms with Crippen molar-refractivity contribution < 1.29 is 9.32 Å². The molecule has 2 aromatic carbocycles. The van der Waals surface area contributed by atoms with Gasteiger partial charge in [0.1, 0.15) is 17.0 Å². The van der Waals surface area contributed by atoms with Gasteiger partial charge in [-0.1, -0.05) is 87.3 Å². The Hall–Kier alpha value is -2.59. The van der Waals surface area contributed by atoms with Gasteiger partial charge in [-0.15, -0.1) is 0 Å². The minimum Gasteiger partial charge on any atom is -0.360 e. The fourth-order valence-corrected chi connectivity index (χ4v) is 7.29. The van der Waals surface area contributed by atoms with Gasteiger partial charge in [-0.2, -0.15) is 0 Å². The van der Waals surface area contributed by atoms with Gasteiger partial charge in [0.25, 0.3) is 5.91 Å². The molecular weight excluding hydrogens is 468 g/mol. The van der Waals surface area contributed by atoms with Crippen molar-refractivity contribution in [1.29, 1.82) is 0 Å². The van der Waals surface area contributed by atoms with Crippen molar-refractivity contribution in [2.75, 3.05) is 6.54 Å². The highest BCUT2D eigenvalue weighted by atomic mass is 35.5. The first-order valence-corrected chi connectivity index (χ1v) is 13.6. The van der Waals surface area contributed by atoms with E-state index in [1.807, 2.05) is 18.2 Å². The molecule has 2 aliphatic carbocycles. The van der Waals surface area contributed by atoms with Crippen molar-refractivity contribution >= 4 is 17.5 Å². The topological polar surface area (TPSA) is 55.1 Å². The number of benzene rings is 2. The van der Waals surface area contributed by atoms with E-state index in [0.29, 0.717) is 46.0 Å². The molecule has 5 heteroatoms. The van der Waals surface area contributed by atoms with Crippen LogP contribution in [0.4, 0.5) is 0 Å². The quantitative estimate of drug-likeness (QED) is 0.384. The fourth-order valence-electron chi connectivity index (χ4n) is 7.06. The summed E-state index contributed by atoms with van der Waals surface area (Å²) in [6.07, 6.45) is 5.77. The van der Waals surface area contributed by atoms with Crippen molar-refractivity contribution in [2.24, 2.45) is 11.3 Å². The summed E-state index contributed by atoms with van der Waals surface area (Å²) in [4.78, 5) is 13.5. The third kappa shape index (κ3) is 4.18. The van der Waals surface area contributed by atoms with Gasteiger partial charge >= 0.3 is 0 Å². The molecule has 5 rings (SSSR count). The molecule has 4 nitrogen and oxygen atoms in total. The molecule has 1 saturated carbocycles. The fraction of sp³-hybridized carbons (Fsp3) is 0.484. The molecule has 3 unspecified atom stereocenters. The van der Waals surface area contributed by atoms with Crippen LogP contribution in [0.2, 0.25) is 5.02 Å². The van der Waals surface area contributed by atoms with Crippen molar-refractivity contribution in [3.8, 4) is 11.3 Å². The highest BCUT2D eigenvalue weighted by Gasteiger charge is 2.51. The molecule has 36 heavy (non-hydrogen) atoms. The summed E-state index contributed by atoms with van der Waals surface area (Å²) in [6, 6.07) is 14.6. The van der Waals surface area contributed by atoms with Crippen LogP contribution in [0.5, 0.6) is 0 Å². The summed E-state index contributed by atoms with van der Waals surface area (Å²) in [5, 5.41) is 8.01. The van der Waals surface area contributed by atoms with Crippen LogP contribution in [0.25, 0.3) is 11.3 Å². The summed E-state index contributed by atoms with van der Waals surface area (Å²) < 4.78 is 5.44. The summed E-state index contributed by atoms with van der Waals surface area (Å²) >= 11 is 6.41. The molecule has 3 atom stereocenters. The zero-order chi connectivity index (χ0) is 25.7. The molecule has 1 aromatic heterocycles. The van der Waals surface area contributed by atoms with E-state index in [1.54, 1.807) is 13.0 Å². The second kappa shape index (κ2) is 9.37. The van der Waals surface area contributed by atoms with Crippen LogP contribution in [0, 0.1) is 18.3 Å². The molecule has 3 aromatic rings. The van der Waals surface area contributed by atoms with E-state index in [4.69, 9.17) is 16.1 Å². The van der Waals surface area contributed by atoms with Gasteiger partial charge in [0.2, 0.25) is 0 Å². The Balaban J connectivity index is 1.39. The molecule has 2 aliphatic rings. The van der Waals surface area contributed by atoms with E-state index in [2.05, 4.69) is 56.4 Å². The minimum absolute atomic E-state index is 0.0205. The number of amides is 1. The highest BCUT2D eigenvalue weighted by Crippen LogP contribution is 2.57. The second-order valence-corrected chi connectivity index (χ2v) is 12.1. The monoisotopic (exact) mass is 504 g/mol. The van der Waals surface area contributed by atoms with Crippen LogP contribution in [-0.4, -0.2) is 17.6 Å². The van der Waals surface area contributed by atoms with E-state index in [9.17, 15) is 4.79 Å². The number of nitrogens with zero attached hydrogens (tertiary/aromatic N) is 1. The average molecular weight is 505 g/mol. The third-order valence-corrected chi connectivity index (χ3v) is 9.37. The lowest BCUT2D eigenvalue weighted by Crippen LogP contribution is -2.53. The summed E-state index contributed by atoms with van der Waals surface area (Å²) in [5.74, 6) is 1.43. The lowest BCUT2D eigenvalue weighted by atomic mass is 9.49. The first kappa shape index (κ1) is 25.1. The van der Waals surface area contributed by atoms with Crippen molar-refractivity contribution in [1.82, 2.24) is 10.5 Å². The van der Waals surface area contributed by atoms with Crippen LogP contribution in [0.3, 0.4) is 0 Å². The van der Waals surface area contributed by atoms with Gasteiger partial charge in [0, 0.05) is 12.1 Å². The molecule has 1 heterocycles. The molecule has 1 N–H and O–H groups in total. The van der Waals surface area contributed by atoms with Gasteiger partial charge in [-0.25, -0.2) is 0 Å². The van der Waals surface area contributed by atoms with Crippen molar-refractivity contribution in [3.63, 3.8) is 0 Å². The highest BCUT2D eigenvalue weighted by molar-refractivity contribution is 6.33. The number of carbonyl (C=O) groups excluding carboxylic acids is 1. The number of fused-ring (bicyclic) bond motifs is 3. The van der Waals surface area contributed by atoms with Gasteiger partial charge in [0.15, 0.2) is 0 Å². The predicted molar refractivity (Wildman–Crippen MR) is 146 cm³/mol. The second-order valence-electron chi connectivity index (χ2n) is 11.7. The molecule has 0 saturated heterocycles. The van der Waals surface area contributed by atoms with Crippen LogP contribution >= 0.6 is 11.6 Å². The van der Waals surface area contributed by atoms with Crippen molar-refractivity contribution in [2.45, 2.75) is 78.1 Å². The number of halogens is 1. The summed E-state index contributed by atoms with van der Waals surface area (Å²) in [7, 11) is 0. The zero-order valence-electron chi connectivity index (χ0n) is 22.1. The maximum Gasteiger partial charge on any atom is 0.257 e. The lowest BCUT2D eigenvalue weighted by Gasteiger charge is -2.55. The van der Waals surface area contributed by atoms with Crippen LogP contribution in [0.1, 0.15) is 92.1 Å². The molecule has 1 fully saturated rings. The Morgan fingerprint density at radius 3 is 2.72 bits per heavy atom. The molecule has 0 radical (unpaired) electrons. The van der Waals surface area contributed by atoms with Gasteiger partial charge < -0.3 is 9.84 Å². The number of aromatic nitrogens is 1. The molecule has 190 valence electrons. The SMILES string of the molecule is Cc1onc(-c2ccccc2Cl)c1C(=O)NCC1(C)CCCC2(C)c3ccc(C(C)C)cc3CCC12. The van der Waals surface area contributed by atoms with Gasteiger partial charge in [0.05, 0.1) is 5.02 Å². The minimum atomic E-state index is -0.144. The zero-order valence-corrected chi connectivity index (χ0v) is 22.8. The van der Waals surface area contributed by atoms with E-state index < -0.39 is 0 Å². The molecule has 0 spiro atoms. The summed E-state index contributed by atoms with van der Waals surface area (Å²) in [5.41, 5.74) is 6.32. The number of nitrogens with one attached hydrogen (secondary N) is 1. The van der Waals surface area contributed by atoms with Crippen LogP contribution < -0.4 is 5.32 Å². The Bertz CT molecular complexity index is 1300. The summed E-state index contributed by atoms with van der Waals surface area (Å²) in [6.45, 7) is 11.8. The van der Waals surface area contributed by atoms with Gasteiger partial charge in [-0.05, 0) is 78.0 Å². The molecule has 0 aliphatic heterocycles. The largest absolute Gasteiger partial charge is 0.360 e. The number of aryl methyl sites for hydroxylation is 2. The number of hydrogen-bond acceptors (Lipinski definition) is 3. The van der Waals surface area contributed by atoms with E-state index in [-0.39, 0.29) is 16.7 Å². The van der Waals surface area contributed by atoms with E-state index >= 15 is 0 Å². The molecule has 0 bridgehead atoms. The molecule has 1 amide bonds. The van der Waals surface area contributed by atoms with Crippen LogP contribution in [-0.2, 0) is 11.8 Å². The number of carbonyl (C=O) groups is 1. The van der Waals surface area contributed by atoms with Gasteiger partial charge in [-0.3, -0.25) is 4.79 Å².